The number of hydrogen-bond donors (Lipinski definition) is 2. The molecular weight excluding hydrogens is 396 g/mol. The molecule has 0 bridgehead atoms. The molecule has 1 heterocycles. The first-order valence-corrected chi connectivity index (χ1v) is 9.95. The van der Waals surface area contributed by atoms with Gasteiger partial charge in [0.1, 0.15) is 5.15 Å². The summed E-state index contributed by atoms with van der Waals surface area (Å²) in [4.78, 5) is 16.6. The van der Waals surface area contributed by atoms with Gasteiger partial charge in [-0.3, -0.25) is 4.79 Å². The van der Waals surface area contributed by atoms with Crippen molar-refractivity contribution in [1.29, 1.82) is 0 Å². The molecule has 1 fully saturated rings. The van der Waals surface area contributed by atoms with E-state index in [1.54, 1.807) is 0 Å². The number of rotatable bonds is 4. The third-order valence-electron chi connectivity index (χ3n) is 5.29. The Labute approximate surface area is 172 Å². The Hall–Kier alpha value is -2.73. The fourth-order valence-electron chi connectivity index (χ4n) is 3.77. The van der Waals surface area contributed by atoms with Crippen LogP contribution in [-0.2, 0) is 0 Å². The minimum Gasteiger partial charge on any atom is -0.382 e. The summed E-state index contributed by atoms with van der Waals surface area (Å²) in [5.74, 6) is -2.36. The number of nitrogens with zero attached hydrogens (tertiary/aromatic N) is 1. The van der Waals surface area contributed by atoms with Gasteiger partial charge in [0.25, 0.3) is 5.91 Å². The van der Waals surface area contributed by atoms with Crippen molar-refractivity contribution in [2.45, 2.75) is 37.8 Å². The number of amides is 1. The number of carbonyl (C=O) groups excluding carboxylic acids is 1. The quantitative estimate of drug-likeness (QED) is 0.567. The van der Waals surface area contributed by atoms with E-state index < -0.39 is 11.6 Å². The molecule has 3 aromatic rings. The van der Waals surface area contributed by atoms with E-state index in [1.165, 1.54) is 6.07 Å². The molecule has 1 aliphatic rings. The molecule has 1 amide bonds. The number of benzene rings is 2. The van der Waals surface area contributed by atoms with E-state index in [-0.39, 0.29) is 23.6 Å². The van der Waals surface area contributed by atoms with Crippen molar-refractivity contribution in [2.75, 3.05) is 5.32 Å². The second kappa shape index (κ2) is 8.33. The van der Waals surface area contributed by atoms with E-state index in [1.807, 2.05) is 30.3 Å². The smallest absolute Gasteiger partial charge is 0.251 e. The van der Waals surface area contributed by atoms with Crippen LogP contribution in [0.5, 0.6) is 0 Å². The molecular formula is C22H20ClF2N3O. The molecule has 7 heteroatoms. The Balaban J connectivity index is 1.36. The molecule has 4 nitrogen and oxygen atoms in total. The van der Waals surface area contributed by atoms with Gasteiger partial charge in [-0.2, -0.15) is 0 Å². The Bertz CT molecular complexity index is 1050. The number of carbonyl (C=O) groups is 1. The molecule has 150 valence electrons. The van der Waals surface area contributed by atoms with Gasteiger partial charge in [-0.15, -0.1) is 0 Å². The van der Waals surface area contributed by atoms with Gasteiger partial charge in [-0.05, 0) is 56.0 Å². The Morgan fingerprint density at radius 3 is 2.45 bits per heavy atom. The van der Waals surface area contributed by atoms with Gasteiger partial charge in [-0.25, -0.2) is 13.8 Å². The average molecular weight is 416 g/mol. The van der Waals surface area contributed by atoms with Crippen LogP contribution in [0.4, 0.5) is 14.5 Å². The molecule has 0 unspecified atom stereocenters. The summed E-state index contributed by atoms with van der Waals surface area (Å²) in [6.45, 7) is 0. The van der Waals surface area contributed by atoms with Gasteiger partial charge in [-0.1, -0.05) is 29.8 Å². The Kier molecular flexibility index (Phi) is 5.62. The van der Waals surface area contributed by atoms with Crippen molar-refractivity contribution in [3.8, 4) is 0 Å². The topological polar surface area (TPSA) is 54.0 Å². The molecule has 1 saturated carbocycles. The molecule has 0 radical (unpaired) electrons. The number of halogens is 3. The van der Waals surface area contributed by atoms with E-state index in [0.29, 0.717) is 5.15 Å². The van der Waals surface area contributed by atoms with Crippen LogP contribution in [0.25, 0.3) is 10.9 Å². The van der Waals surface area contributed by atoms with Gasteiger partial charge < -0.3 is 10.6 Å². The first-order chi connectivity index (χ1) is 14.0. The third-order valence-corrected chi connectivity index (χ3v) is 5.48. The van der Waals surface area contributed by atoms with Gasteiger partial charge in [0, 0.05) is 28.7 Å². The van der Waals surface area contributed by atoms with Crippen LogP contribution < -0.4 is 10.6 Å². The maximum absolute atomic E-state index is 13.3. The zero-order valence-electron chi connectivity index (χ0n) is 15.6. The van der Waals surface area contributed by atoms with E-state index >= 15 is 0 Å². The first-order valence-electron chi connectivity index (χ1n) is 9.57. The number of pyridine rings is 1. The number of fused-ring (bicyclic) bond motifs is 1. The fourth-order valence-corrected chi connectivity index (χ4v) is 3.97. The Morgan fingerprint density at radius 2 is 1.69 bits per heavy atom. The van der Waals surface area contributed by atoms with Gasteiger partial charge in [0.2, 0.25) is 0 Å². The third kappa shape index (κ3) is 4.48. The zero-order chi connectivity index (χ0) is 20.4. The monoisotopic (exact) mass is 415 g/mol. The average Bonchev–Trinajstić information content (AvgIpc) is 2.71. The standard InChI is InChI=1S/C22H20ClF2N3O/c23-21-12-20(16-3-1-2-4-19(16)28-21)26-14-6-8-15(9-7-14)27-22(29)13-5-10-17(24)18(25)11-13/h1-5,10-12,14-15H,6-9H2,(H,26,28)(H,27,29). The second-order valence-corrected chi connectivity index (χ2v) is 7.69. The maximum Gasteiger partial charge on any atom is 0.251 e. The molecule has 2 N–H and O–H groups in total. The number of para-hydroxylation sites is 1. The molecule has 0 atom stereocenters. The molecule has 1 aliphatic carbocycles. The van der Waals surface area contributed by atoms with Crippen LogP contribution in [-0.4, -0.2) is 23.0 Å². The number of aromatic nitrogens is 1. The lowest BCUT2D eigenvalue weighted by atomic mass is 9.90. The molecule has 29 heavy (non-hydrogen) atoms. The summed E-state index contributed by atoms with van der Waals surface area (Å²) in [6, 6.07) is 13.1. The van der Waals surface area contributed by atoms with E-state index in [4.69, 9.17) is 11.6 Å². The van der Waals surface area contributed by atoms with E-state index in [2.05, 4.69) is 15.6 Å². The molecule has 2 aromatic carbocycles. The van der Waals surface area contributed by atoms with Crippen LogP contribution in [0, 0.1) is 11.6 Å². The molecule has 0 aliphatic heterocycles. The summed E-state index contributed by atoms with van der Waals surface area (Å²) in [5.41, 5.74) is 1.92. The van der Waals surface area contributed by atoms with Crippen LogP contribution in [0.1, 0.15) is 36.0 Å². The van der Waals surface area contributed by atoms with Gasteiger partial charge >= 0.3 is 0 Å². The van der Waals surface area contributed by atoms with E-state index in [0.717, 1.165) is 54.4 Å². The predicted octanol–water partition coefficient (Wildman–Crippen LogP) is 5.32. The largest absolute Gasteiger partial charge is 0.382 e. The second-order valence-electron chi connectivity index (χ2n) is 7.30. The number of hydrogen-bond acceptors (Lipinski definition) is 3. The molecule has 4 rings (SSSR count). The van der Waals surface area contributed by atoms with Crippen LogP contribution in [0.15, 0.2) is 48.5 Å². The summed E-state index contributed by atoms with van der Waals surface area (Å²) in [7, 11) is 0. The number of anilines is 1. The Morgan fingerprint density at radius 1 is 0.966 bits per heavy atom. The minimum atomic E-state index is -1.02. The number of nitrogens with one attached hydrogen (secondary N) is 2. The summed E-state index contributed by atoms with van der Waals surface area (Å²) >= 11 is 6.15. The first kappa shape index (κ1) is 19.6. The normalized spacial score (nSPS) is 19.1. The molecule has 0 saturated heterocycles. The lowest BCUT2D eigenvalue weighted by molar-refractivity contribution is 0.0926. The van der Waals surface area contributed by atoms with Crippen molar-refractivity contribution in [2.24, 2.45) is 0 Å². The molecule has 0 spiro atoms. The highest BCUT2D eigenvalue weighted by atomic mass is 35.5. The highest BCUT2D eigenvalue weighted by Crippen LogP contribution is 2.29. The molecule has 1 aromatic heterocycles. The predicted molar refractivity (Wildman–Crippen MR) is 110 cm³/mol. The van der Waals surface area contributed by atoms with E-state index in [9.17, 15) is 13.6 Å². The highest BCUT2D eigenvalue weighted by Gasteiger charge is 2.23. The highest BCUT2D eigenvalue weighted by molar-refractivity contribution is 6.30. The van der Waals surface area contributed by atoms with Crippen molar-refractivity contribution >= 4 is 34.1 Å². The fraction of sp³-hybridized carbons (Fsp3) is 0.273. The van der Waals surface area contributed by atoms with Crippen LogP contribution >= 0.6 is 11.6 Å². The SMILES string of the molecule is O=C(NC1CCC(Nc2cc(Cl)nc3ccccc23)CC1)c1ccc(F)c(F)c1. The lowest BCUT2D eigenvalue weighted by Crippen LogP contribution is -2.40. The van der Waals surface area contributed by atoms with Crippen molar-refractivity contribution in [3.63, 3.8) is 0 Å². The van der Waals surface area contributed by atoms with Gasteiger partial charge in [0.05, 0.1) is 5.52 Å². The van der Waals surface area contributed by atoms with Crippen molar-refractivity contribution in [3.05, 3.63) is 70.9 Å². The summed E-state index contributed by atoms with van der Waals surface area (Å²) < 4.78 is 26.4. The lowest BCUT2D eigenvalue weighted by Gasteiger charge is -2.30. The maximum atomic E-state index is 13.3. The summed E-state index contributed by atoms with van der Waals surface area (Å²) in [5, 5.41) is 7.94. The summed E-state index contributed by atoms with van der Waals surface area (Å²) in [6.07, 6.45) is 3.33. The minimum absolute atomic E-state index is 0.00596. The van der Waals surface area contributed by atoms with Crippen molar-refractivity contribution < 1.29 is 13.6 Å². The van der Waals surface area contributed by atoms with Crippen LogP contribution in [0.3, 0.4) is 0 Å². The van der Waals surface area contributed by atoms with Crippen LogP contribution in [0.2, 0.25) is 5.15 Å². The van der Waals surface area contributed by atoms with Gasteiger partial charge in [0.15, 0.2) is 11.6 Å². The zero-order valence-corrected chi connectivity index (χ0v) is 16.3. The van der Waals surface area contributed by atoms with Crippen molar-refractivity contribution in [1.82, 2.24) is 10.3 Å².